The van der Waals surface area contributed by atoms with Crippen molar-refractivity contribution in [3.63, 3.8) is 0 Å². The van der Waals surface area contributed by atoms with E-state index in [0.29, 0.717) is 13.2 Å². The second-order valence-corrected chi connectivity index (χ2v) is 6.16. The number of ether oxygens (including phenoxy) is 2. The summed E-state index contributed by atoms with van der Waals surface area (Å²) in [7, 11) is 0. The summed E-state index contributed by atoms with van der Waals surface area (Å²) in [5, 5.41) is 0. The minimum absolute atomic E-state index is 0.570. The molecule has 3 aromatic carbocycles. The molecule has 0 aliphatic rings. The Morgan fingerprint density at radius 1 is 0.593 bits per heavy atom. The van der Waals surface area contributed by atoms with E-state index >= 15 is 0 Å². The SMILES string of the molecule is Nc1ccc(OCCN(CCOc2ccc(N)cc2)c2ccccc2)cc1. The van der Waals surface area contributed by atoms with Gasteiger partial charge >= 0.3 is 0 Å². The van der Waals surface area contributed by atoms with E-state index in [1.165, 1.54) is 0 Å². The standard InChI is InChI=1S/C22H25N3O2/c23-18-6-10-21(11-7-18)26-16-14-25(20-4-2-1-3-5-20)15-17-27-22-12-8-19(24)9-13-22/h1-13H,14-17,23-24H2. The molecular weight excluding hydrogens is 338 g/mol. The van der Waals surface area contributed by atoms with Gasteiger partial charge in [0, 0.05) is 17.1 Å². The average Bonchev–Trinajstić information content (AvgIpc) is 2.70. The van der Waals surface area contributed by atoms with Gasteiger partial charge in [-0.05, 0) is 60.7 Å². The maximum atomic E-state index is 5.84. The van der Waals surface area contributed by atoms with Crippen molar-refractivity contribution in [1.29, 1.82) is 0 Å². The predicted molar refractivity (Wildman–Crippen MR) is 111 cm³/mol. The number of nitrogens with two attached hydrogens (primary N) is 2. The van der Waals surface area contributed by atoms with Crippen molar-refractivity contribution >= 4 is 17.1 Å². The number of hydrogen-bond acceptors (Lipinski definition) is 5. The Bertz CT molecular complexity index is 754. The highest BCUT2D eigenvalue weighted by molar-refractivity contribution is 5.46. The minimum atomic E-state index is 0.570. The van der Waals surface area contributed by atoms with Crippen LogP contribution in [0.15, 0.2) is 78.9 Å². The van der Waals surface area contributed by atoms with Crippen molar-refractivity contribution in [2.24, 2.45) is 0 Å². The van der Waals surface area contributed by atoms with Crippen LogP contribution in [0.1, 0.15) is 0 Å². The van der Waals surface area contributed by atoms with Crippen LogP contribution in [0.3, 0.4) is 0 Å². The number of anilines is 3. The first kappa shape index (κ1) is 18.5. The average molecular weight is 363 g/mol. The Morgan fingerprint density at radius 3 is 1.48 bits per heavy atom. The van der Waals surface area contributed by atoms with Crippen LogP contribution in [0.5, 0.6) is 11.5 Å². The highest BCUT2D eigenvalue weighted by atomic mass is 16.5. The van der Waals surface area contributed by atoms with E-state index in [4.69, 9.17) is 20.9 Å². The van der Waals surface area contributed by atoms with Gasteiger partial charge in [-0.1, -0.05) is 18.2 Å². The second-order valence-electron chi connectivity index (χ2n) is 6.16. The molecule has 0 aromatic heterocycles. The number of hydrogen-bond donors (Lipinski definition) is 2. The molecule has 0 bridgehead atoms. The molecule has 0 fully saturated rings. The van der Waals surface area contributed by atoms with Crippen LogP contribution in [0.4, 0.5) is 17.1 Å². The molecule has 0 spiro atoms. The summed E-state index contributed by atoms with van der Waals surface area (Å²) in [5.41, 5.74) is 14.0. The van der Waals surface area contributed by atoms with E-state index < -0.39 is 0 Å². The summed E-state index contributed by atoms with van der Waals surface area (Å²) in [6, 6.07) is 25.1. The highest BCUT2D eigenvalue weighted by Gasteiger charge is 2.07. The lowest BCUT2D eigenvalue weighted by Gasteiger charge is -2.25. The summed E-state index contributed by atoms with van der Waals surface area (Å²) in [4.78, 5) is 2.24. The molecule has 0 saturated heterocycles. The van der Waals surface area contributed by atoms with Crippen LogP contribution in [0.2, 0.25) is 0 Å². The van der Waals surface area contributed by atoms with Crippen molar-refractivity contribution in [1.82, 2.24) is 0 Å². The molecular formula is C22H25N3O2. The summed E-state index contributed by atoms with van der Waals surface area (Å²) in [6.45, 7) is 2.64. The molecule has 3 aromatic rings. The topological polar surface area (TPSA) is 73.7 Å². The highest BCUT2D eigenvalue weighted by Crippen LogP contribution is 2.16. The molecule has 140 valence electrons. The van der Waals surface area contributed by atoms with Crippen molar-refractivity contribution in [2.75, 3.05) is 42.7 Å². The minimum Gasteiger partial charge on any atom is -0.492 e. The number of rotatable bonds is 9. The van der Waals surface area contributed by atoms with Gasteiger partial charge in [0.1, 0.15) is 24.7 Å². The lowest BCUT2D eigenvalue weighted by Crippen LogP contribution is -2.32. The van der Waals surface area contributed by atoms with Crippen molar-refractivity contribution < 1.29 is 9.47 Å². The number of nitrogens with zero attached hydrogens (tertiary/aromatic N) is 1. The van der Waals surface area contributed by atoms with E-state index in [1.807, 2.05) is 66.7 Å². The number of benzene rings is 3. The van der Waals surface area contributed by atoms with Crippen LogP contribution in [0, 0.1) is 0 Å². The van der Waals surface area contributed by atoms with Crippen molar-refractivity contribution in [3.8, 4) is 11.5 Å². The largest absolute Gasteiger partial charge is 0.492 e. The maximum absolute atomic E-state index is 5.84. The predicted octanol–water partition coefficient (Wildman–Crippen LogP) is 3.82. The Balaban J connectivity index is 1.54. The first-order valence-electron chi connectivity index (χ1n) is 8.97. The van der Waals surface area contributed by atoms with Crippen LogP contribution >= 0.6 is 0 Å². The van der Waals surface area contributed by atoms with Crippen LogP contribution in [-0.2, 0) is 0 Å². The number of nitrogen functional groups attached to an aromatic ring is 2. The molecule has 0 saturated carbocycles. The first-order chi connectivity index (χ1) is 13.2. The fraction of sp³-hybridized carbons (Fsp3) is 0.182. The normalized spacial score (nSPS) is 10.4. The van der Waals surface area contributed by atoms with Gasteiger partial charge in [0.05, 0.1) is 13.1 Å². The molecule has 0 unspecified atom stereocenters. The lowest BCUT2D eigenvalue weighted by atomic mass is 10.3. The van der Waals surface area contributed by atoms with Gasteiger partial charge < -0.3 is 25.8 Å². The third-order valence-electron chi connectivity index (χ3n) is 4.14. The fourth-order valence-electron chi connectivity index (χ4n) is 2.68. The lowest BCUT2D eigenvalue weighted by molar-refractivity contribution is 0.303. The zero-order valence-electron chi connectivity index (χ0n) is 15.3. The fourth-order valence-corrected chi connectivity index (χ4v) is 2.68. The second kappa shape index (κ2) is 9.38. The molecule has 5 heteroatoms. The quantitative estimate of drug-likeness (QED) is 0.566. The van der Waals surface area contributed by atoms with Crippen LogP contribution in [0.25, 0.3) is 0 Å². The molecule has 0 radical (unpaired) electrons. The van der Waals surface area contributed by atoms with Gasteiger partial charge in [0.25, 0.3) is 0 Å². The van der Waals surface area contributed by atoms with E-state index in [9.17, 15) is 0 Å². The third-order valence-corrected chi connectivity index (χ3v) is 4.14. The monoisotopic (exact) mass is 363 g/mol. The molecule has 27 heavy (non-hydrogen) atoms. The zero-order valence-corrected chi connectivity index (χ0v) is 15.3. The molecule has 5 nitrogen and oxygen atoms in total. The van der Waals surface area contributed by atoms with E-state index in [-0.39, 0.29) is 0 Å². The molecule has 0 aliphatic carbocycles. The van der Waals surface area contributed by atoms with E-state index in [1.54, 1.807) is 0 Å². The van der Waals surface area contributed by atoms with Gasteiger partial charge in [0.2, 0.25) is 0 Å². The molecule has 3 rings (SSSR count). The molecule has 0 atom stereocenters. The van der Waals surface area contributed by atoms with Crippen molar-refractivity contribution in [3.05, 3.63) is 78.9 Å². The van der Waals surface area contributed by atoms with Gasteiger partial charge in [-0.15, -0.1) is 0 Å². The third kappa shape index (κ3) is 5.85. The Kier molecular flexibility index (Phi) is 6.41. The summed E-state index contributed by atoms with van der Waals surface area (Å²) in [5.74, 6) is 1.63. The van der Waals surface area contributed by atoms with Gasteiger partial charge in [0.15, 0.2) is 0 Å². The molecule has 0 heterocycles. The van der Waals surface area contributed by atoms with Crippen LogP contribution in [-0.4, -0.2) is 26.3 Å². The Morgan fingerprint density at radius 2 is 1.04 bits per heavy atom. The molecule has 0 amide bonds. The van der Waals surface area contributed by atoms with Gasteiger partial charge in [-0.3, -0.25) is 0 Å². The summed E-state index contributed by atoms with van der Waals surface area (Å²) < 4.78 is 11.7. The van der Waals surface area contributed by atoms with E-state index in [2.05, 4.69) is 17.0 Å². The van der Waals surface area contributed by atoms with E-state index in [0.717, 1.165) is 41.7 Å². The molecule has 0 aliphatic heterocycles. The maximum Gasteiger partial charge on any atom is 0.119 e. The summed E-state index contributed by atoms with van der Waals surface area (Å²) >= 11 is 0. The van der Waals surface area contributed by atoms with Crippen molar-refractivity contribution in [2.45, 2.75) is 0 Å². The number of para-hydroxylation sites is 1. The summed E-state index contributed by atoms with van der Waals surface area (Å²) in [6.07, 6.45) is 0. The van der Waals surface area contributed by atoms with Gasteiger partial charge in [-0.25, -0.2) is 0 Å². The smallest absolute Gasteiger partial charge is 0.119 e. The zero-order chi connectivity index (χ0) is 18.9. The first-order valence-corrected chi connectivity index (χ1v) is 8.97. The Hall–Kier alpha value is -3.34. The van der Waals surface area contributed by atoms with Crippen LogP contribution < -0.4 is 25.8 Å². The van der Waals surface area contributed by atoms with Gasteiger partial charge in [-0.2, -0.15) is 0 Å². The Labute approximate surface area is 160 Å². The molecule has 4 N–H and O–H groups in total.